The summed E-state index contributed by atoms with van der Waals surface area (Å²) < 4.78 is 0.946. The second-order valence-corrected chi connectivity index (χ2v) is 6.18. The Morgan fingerprint density at radius 2 is 1.83 bits per heavy atom. The van der Waals surface area contributed by atoms with Gasteiger partial charge in [-0.25, -0.2) is 4.79 Å². The van der Waals surface area contributed by atoms with Crippen LogP contribution in [0.3, 0.4) is 0 Å². The zero-order valence-electron chi connectivity index (χ0n) is 12.1. The van der Waals surface area contributed by atoms with E-state index in [0.29, 0.717) is 10.6 Å². The molecule has 0 spiro atoms. The van der Waals surface area contributed by atoms with E-state index in [1.165, 1.54) is 18.2 Å². The third-order valence-electron chi connectivity index (χ3n) is 3.07. The highest BCUT2D eigenvalue weighted by molar-refractivity contribution is 9.10. The van der Waals surface area contributed by atoms with Crippen molar-refractivity contribution in [1.29, 1.82) is 0 Å². The lowest BCUT2D eigenvalue weighted by Gasteiger charge is -2.09. The highest BCUT2D eigenvalue weighted by Crippen LogP contribution is 2.22. The Kier molecular flexibility index (Phi) is 5.58. The first-order chi connectivity index (χ1) is 10.9. The largest absolute Gasteiger partial charge is 0.478 e. The minimum absolute atomic E-state index is 0.0146. The molecular formula is C17H13BrClNO3. The van der Waals surface area contributed by atoms with Crippen LogP contribution < -0.4 is 5.32 Å². The average molecular weight is 395 g/mol. The summed E-state index contributed by atoms with van der Waals surface area (Å²) in [4.78, 5) is 23.4. The Bertz CT molecular complexity index is 785. The van der Waals surface area contributed by atoms with Crippen LogP contribution in [0.15, 0.2) is 52.5 Å². The van der Waals surface area contributed by atoms with E-state index < -0.39 is 11.9 Å². The predicted octanol–water partition coefficient (Wildman–Crippen LogP) is 4.84. The number of hydrogen-bond acceptors (Lipinski definition) is 2. The van der Waals surface area contributed by atoms with Crippen molar-refractivity contribution in [1.82, 2.24) is 0 Å². The zero-order valence-corrected chi connectivity index (χ0v) is 14.5. The molecule has 0 saturated heterocycles. The maximum Gasteiger partial charge on any atom is 0.337 e. The van der Waals surface area contributed by atoms with Gasteiger partial charge in [0.25, 0.3) is 5.91 Å². The predicted molar refractivity (Wildman–Crippen MR) is 94.8 cm³/mol. The molecule has 0 bridgehead atoms. The Morgan fingerprint density at radius 1 is 1.17 bits per heavy atom. The summed E-state index contributed by atoms with van der Waals surface area (Å²) in [7, 11) is 0. The van der Waals surface area contributed by atoms with Crippen LogP contribution in [0.1, 0.15) is 22.8 Å². The van der Waals surface area contributed by atoms with Crippen molar-refractivity contribution in [2.24, 2.45) is 0 Å². The SMILES string of the molecule is C/C(=C\c1ccc(Br)cc1)C(=O)Nc1cc(Cl)ccc1C(=O)O. The second kappa shape index (κ2) is 7.44. The smallest absolute Gasteiger partial charge is 0.337 e. The Morgan fingerprint density at radius 3 is 2.43 bits per heavy atom. The number of carbonyl (C=O) groups excluding carboxylic acids is 1. The molecule has 0 aromatic heterocycles. The summed E-state index contributed by atoms with van der Waals surface area (Å²) in [5.41, 5.74) is 1.46. The number of halogens is 2. The summed E-state index contributed by atoms with van der Waals surface area (Å²) in [6.07, 6.45) is 1.72. The molecule has 1 amide bonds. The Hall–Kier alpha value is -2.11. The molecule has 2 rings (SSSR count). The van der Waals surface area contributed by atoms with Gasteiger partial charge in [0.05, 0.1) is 11.3 Å². The van der Waals surface area contributed by atoms with Gasteiger partial charge < -0.3 is 10.4 Å². The summed E-state index contributed by atoms with van der Waals surface area (Å²) in [6, 6.07) is 11.7. The van der Waals surface area contributed by atoms with Crippen LogP contribution in [-0.4, -0.2) is 17.0 Å². The lowest BCUT2D eigenvalue weighted by molar-refractivity contribution is -0.112. The minimum atomic E-state index is -1.13. The van der Waals surface area contributed by atoms with Crippen molar-refractivity contribution in [3.8, 4) is 0 Å². The quantitative estimate of drug-likeness (QED) is 0.729. The Balaban J connectivity index is 2.23. The lowest BCUT2D eigenvalue weighted by atomic mass is 10.1. The molecule has 4 nitrogen and oxygen atoms in total. The zero-order chi connectivity index (χ0) is 17.0. The number of aromatic carboxylic acids is 1. The first-order valence-corrected chi connectivity index (χ1v) is 7.82. The average Bonchev–Trinajstić information content (AvgIpc) is 2.49. The molecule has 118 valence electrons. The normalized spacial score (nSPS) is 11.2. The van der Waals surface area contributed by atoms with Gasteiger partial charge in [-0.3, -0.25) is 4.79 Å². The molecule has 0 aliphatic rings. The van der Waals surface area contributed by atoms with E-state index >= 15 is 0 Å². The number of carboxylic acids is 1. The minimum Gasteiger partial charge on any atom is -0.478 e. The van der Waals surface area contributed by atoms with Crippen LogP contribution in [0.4, 0.5) is 5.69 Å². The number of amides is 1. The molecule has 0 unspecified atom stereocenters. The van der Waals surface area contributed by atoms with Crippen molar-refractivity contribution < 1.29 is 14.7 Å². The molecule has 2 aromatic carbocycles. The number of rotatable bonds is 4. The number of anilines is 1. The van der Waals surface area contributed by atoms with Gasteiger partial charge in [0.2, 0.25) is 0 Å². The molecule has 6 heteroatoms. The van der Waals surface area contributed by atoms with Gasteiger partial charge in [0.1, 0.15) is 0 Å². The fraction of sp³-hybridized carbons (Fsp3) is 0.0588. The van der Waals surface area contributed by atoms with E-state index in [-0.39, 0.29) is 11.3 Å². The van der Waals surface area contributed by atoms with Gasteiger partial charge in [-0.2, -0.15) is 0 Å². The fourth-order valence-electron chi connectivity index (χ4n) is 1.90. The van der Waals surface area contributed by atoms with Gasteiger partial charge in [0.15, 0.2) is 0 Å². The van der Waals surface area contributed by atoms with E-state index in [1.54, 1.807) is 13.0 Å². The van der Waals surface area contributed by atoms with Crippen LogP contribution in [0.5, 0.6) is 0 Å². The number of benzene rings is 2. The number of carbonyl (C=O) groups is 2. The molecule has 0 heterocycles. The first kappa shape index (κ1) is 17.2. The first-order valence-electron chi connectivity index (χ1n) is 6.65. The molecule has 0 fully saturated rings. The van der Waals surface area contributed by atoms with Crippen LogP contribution in [0, 0.1) is 0 Å². The summed E-state index contributed by atoms with van der Waals surface area (Å²) in [5, 5.41) is 12.1. The Labute approximate surface area is 146 Å². The van der Waals surface area contributed by atoms with Crippen molar-refractivity contribution in [3.05, 3.63) is 68.7 Å². The van der Waals surface area contributed by atoms with Gasteiger partial charge in [-0.15, -0.1) is 0 Å². The highest BCUT2D eigenvalue weighted by Gasteiger charge is 2.14. The lowest BCUT2D eigenvalue weighted by Crippen LogP contribution is -2.15. The van der Waals surface area contributed by atoms with Crippen molar-refractivity contribution >= 4 is 51.2 Å². The van der Waals surface area contributed by atoms with Crippen molar-refractivity contribution in [2.45, 2.75) is 6.92 Å². The van der Waals surface area contributed by atoms with Crippen LogP contribution in [0.25, 0.3) is 6.08 Å². The fourth-order valence-corrected chi connectivity index (χ4v) is 2.34. The van der Waals surface area contributed by atoms with Gasteiger partial charge in [0, 0.05) is 15.1 Å². The van der Waals surface area contributed by atoms with Gasteiger partial charge >= 0.3 is 5.97 Å². The second-order valence-electron chi connectivity index (χ2n) is 4.83. The van der Waals surface area contributed by atoms with Crippen LogP contribution in [0.2, 0.25) is 5.02 Å². The number of carboxylic acid groups (broad SMARTS) is 1. The van der Waals surface area contributed by atoms with Crippen LogP contribution in [-0.2, 0) is 4.79 Å². The molecule has 2 N–H and O–H groups in total. The van der Waals surface area contributed by atoms with Crippen molar-refractivity contribution in [2.75, 3.05) is 5.32 Å². The molecule has 23 heavy (non-hydrogen) atoms. The molecule has 0 aliphatic heterocycles. The summed E-state index contributed by atoms with van der Waals surface area (Å²) in [6.45, 7) is 1.66. The van der Waals surface area contributed by atoms with E-state index in [1.807, 2.05) is 24.3 Å². The molecule has 0 atom stereocenters. The summed E-state index contributed by atoms with van der Waals surface area (Å²) in [5.74, 6) is -1.52. The monoisotopic (exact) mass is 393 g/mol. The van der Waals surface area contributed by atoms with Gasteiger partial charge in [-0.05, 0) is 48.9 Å². The van der Waals surface area contributed by atoms with E-state index in [0.717, 1.165) is 10.0 Å². The molecule has 0 aliphatic carbocycles. The number of hydrogen-bond donors (Lipinski definition) is 2. The van der Waals surface area contributed by atoms with E-state index in [2.05, 4.69) is 21.2 Å². The maximum atomic E-state index is 12.2. The van der Waals surface area contributed by atoms with Crippen molar-refractivity contribution in [3.63, 3.8) is 0 Å². The molecular weight excluding hydrogens is 382 g/mol. The summed E-state index contributed by atoms with van der Waals surface area (Å²) >= 11 is 9.21. The molecule has 0 saturated carbocycles. The topological polar surface area (TPSA) is 66.4 Å². The number of nitrogens with one attached hydrogen (secondary N) is 1. The molecule has 0 radical (unpaired) electrons. The molecule has 2 aromatic rings. The van der Waals surface area contributed by atoms with Crippen LogP contribution >= 0.6 is 27.5 Å². The van der Waals surface area contributed by atoms with E-state index in [9.17, 15) is 9.59 Å². The highest BCUT2D eigenvalue weighted by atomic mass is 79.9. The van der Waals surface area contributed by atoms with E-state index in [4.69, 9.17) is 16.7 Å². The third kappa shape index (κ3) is 4.68. The van der Waals surface area contributed by atoms with Gasteiger partial charge in [-0.1, -0.05) is 39.7 Å². The maximum absolute atomic E-state index is 12.2. The standard InChI is InChI=1S/C17H13BrClNO3/c1-10(8-11-2-4-12(18)5-3-11)16(21)20-15-9-13(19)6-7-14(15)17(22)23/h2-9H,1H3,(H,20,21)(H,22,23)/b10-8+. The third-order valence-corrected chi connectivity index (χ3v) is 3.84.